The molecule has 1 aliphatic heterocycles. The maximum Gasteiger partial charge on any atom is 0.279 e. The fraction of sp³-hybridized carbons (Fsp3) is 0.385. The molecule has 1 fully saturated rings. The van der Waals surface area contributed by atoms with Gasteiger partial charge in [0.05, 0.1) is 10.7 Å². The van der Waals surface area contributed by atoms with Crippen LogP contribution >= 0.6 is 24.0 Å². The maximum absolute atomic E-state index is 13.8. The minimum atomic E-state index is -0.757. The van der Waals surface area contributed by atoms with Crippen LogP contribution in [0.4, 0.5) is 14.5 Å². The minimum Gasteiger partial charge on any atom is -0.429 e. The Morgan fingerprint density at radius 1 is 1.40 bits per heavy atom. The highest BCUT2D eigenvalue weighted by molar-refractivity contribution is 6.36. The number of piperazine rings is 1. The zero-order valence-electron chi connectivity index (χ0n) is 10.8. The van der Waals surface area contributed by atoms with Crippen LogP contribution in [0.15, 0.2) is 16.5 Å². The Hall–Kier alpha value is -1.04. The van der Waals surface area contributed by atoms with Crippen LogP contribution < -0.4 is 10.2 Å². The average Bonchev–Trinajstić information content (AvgIpc) is 2.76. The molecule has 0 radical (unpaired) electrons. The Kier molecular flexibility index (Phi) is 4.42. The highest BCUT2D eigenvalue weighted by atomic mass is 35.5. The van der Waals surface area contributed by atoms with E-state index in [-0.39, 0.29) is 28.9 Å². The summed E-state index contributed by atoms with van der Waals surface area (Å²) in [4.78, 5) is 1.98. The summed E-state index contributed by atoms with van der Waals surface area (Å²) >= 11 is 5.85. The van der Waals surface area contributed by atoms with Crippen LogP contribution in [0, 0.1) is 11.8 Å². The van der Waals surface area contributed by atoms with Crippen molar-refractivity contribution in [3.05, 3.63) is 29.0 Å². The summed E-state index contributed by atoms with van der Waals surface area (Å²) in [5.41, 5.74) is 0.854. The normalized spacial score (nSPS) is 19.2. The summed E-state index contributed by atoms with van der Waals surface area (Å²) in [7, 11) is 0. The largest absolute Gasteiger partial charge is 0.429 e. The molecule has 20 heavy (non-hydrogen) atoms. The van der Waals surface area contributed by atoms with Gasteiger partial charge in [0.25, 0.3) is 6.01 Å². The van der Waals surface area contributed by atoms with Crippen molar-refractivity contribution < 1.29 is 13.2 Å². The molecule has 0 bridgehead atoms. The van der Waals surface area contributed by atoms with E-state index in [9.17, 15) is 8.78 Å². The van der Waals surface area contributed by atoms with Crippen molar-refractivity contribution in [3.63, 3.8) is 0 Å². The molecule has 0 unspecified atom stereocenters. The third kappa shape index (κ3) is 2.57. The molecule has 2 heterocycles. The second-order valence-electron chi connectivity index (χ2n) is 4.79. The number of hydrogen-bond donors (Lipinski definition) is 1. The van der Waals surface area contributed by atoms with Gasteiger partial charge in [0.15, 0.2) is 5.58 Å². The van der Waals surface area contributed by atoms with Crippen molar-refractivity contribution in [1.29, 1.82) is 0 Å². The van der Waals surface area contributed by atoms with Gasteiger partial charge < -0.3 is 14.6 Å². The first kappa shape index (κ1) is 15.4. The van der Waals surface area contributed by atoms with Gasteiger partial charge in [0, 0.05) is 43.2 Å². The lowest BCUT2D eigenvalue weighted by Crippen LogP contribution is -2.49. The highest BCUT2D eigenvalue weighted by Crippen LogP contribution is 2.36. The summed E-state index contributed by atoms with van der Waals surface area (Å²) in [6.45, 7) is 4.25. The lowest BCUT2D eigenvalue weighted by Gasteiger charge is -2.33. The van der Waals surface area contributed by atoms with Crippen LogP contribution in [0.25, 0.3) is 11.0 Å². The topological polar surface area (TPSA) is 28.4 Å². The summed E-state index contributed by atoms with van der Waals surface area (Å²) in [5.74, 6) is -0.559. The standard InChI is InChI=1S/C13H13ClF2N2O.ClH/c1-7-6-18(3-2-17-7)10-5-9(15)12(14)8-4-11(16)19-13(8)10;/h4-5,7,17H,2-3,6H2,1H3;1H/t7-;/m0./s1. The van der Waals surface area contributed by atoms with E-state index in [2.05, 4.69) is 5.32 Å². The van der Waals surface area contributed by atoms with Crippen LogP contribution in [0.2, 0.25) is 5.02 Å². The second-order valence-corrected chi connectivity index (χ2v) is 5.16. The molecule has 1 N–H and O–H groups in total. The minimum absolute atomic E-state index is 0. The number of anilines is 1. The van der Waals surface area contributed by atoms with Crippen molar-refractivity contribution in [3.8, 4) is 0 Å². The second kappa shape index (κ2) is 5.76. The van der Waals surface area contributed by atoms with Gasteiger partial charge >= 0.3 is 0 Å². The number of hydrogen-bond acceptors (Lipinski definition) is 3. The summed E-state index contributed by atoms with van der Waals surface area (Å²) in [5, 5.41) is 3.47. The first-order chi connectivity index (χ1) is 9.06. The molecular formula is C13H14Cl2F2N2O. The molecular weight excluding hydrogens is 309 g/mol. The van der Waals surface area contributed by atoms with E-state index in [1.165, 1.54) is 6.07 Å². The van der Waals surface area contributed by atoms with Gasteiger partial charge in [-0.15, -0.1) is 12.4 Å². The summed E-state index contributed by atoms with van der Waals surface area (Å²) in [6, 6.07) is 1.95. The Balaban J connectivity index is 0.00000147. The first-order valence-corrected chi connectivity index (χ1v) is 6.49. The maximum atomic E-state index is 13.8. The van der Waals surface area contributed by atoms with Crippen LogP contribution in [-0.2, 0) is 0 Å². The summed E-state index contributed by atoms with van der Waals surface area (Å²) in [6.07, 6.45) is 0. The molecule has 1 aromatic carbocycles. The van der Waals surface area contributed by atoms with E-state index in [1.54, 1.807) is 0 Å². The van der Waals surface area contributed by atoms with Gasteiger partial charge in [-0.2, -0.15) is 4.39 Å². The third-order valence-electron chi connectivity index (χ3n) is 3.35. The van der Waals surface area contributed by atoms with Gasteiger partial charge in [0.1, 0.15) is 5.82 Å². The van der Waals surface area contributed by atoms with E-state index in [1.807, 2.05) is 11.8 Å². The molecule has 7 heteroatoms. The van der Waals surface area contributed by atoms with Gasteiger partial charge in [-0.05, 0) is 6.92 Å². The van der Waals surface area contributed by atoms with Crippen LogP contribution in [0.5, 0.6) is 0 Å². The number of furan rings is 1. The molecule has 110 valence electrons. The Morgan fingerprint density at radius 3 is 2.85 bits per heavy atom. The number of nitrogens with one attached hydrogen (secondary N) is 1. The SMILES string of the molecule is C[C@H]1CN(c2cc(F)c(Cl)c3cc(F)oc23)CCN1.Cl. The predicted molar refractivity (Wildman–Crippen MR) is 78.1 cm³/mol. The van der Waals surface area contributed by atoms with Crippen molar-refractivity contribution in [2.45, 2.75) is 13.0 Å². The van der Waals surface area contributed by atoms with Crippen molar-refractivity contribution in [1.82, 2.24) is 5.32 Å². The van der Waals surface area contributed by atoms with E-state index >= 15 is 0 Å². The monoisotopic (exact) mass is 322 g/mol. The van der Waals surface area contributed by atoms with E-state index in [0.717, 1.165) is 12.6 Å². The third-order valence-corrected chi connectivity index (χ3v) is 3.74. The summed E-state index contributed by atoms with van der Waals surface area (Å²) < 4.78 is 32.2. The fourth-order valence-corrected chi connectivity index (χ4v) is 2.67. The highest BCUT2D eigenvalue weighted by Gasteiger charge is 2.23. The van der Waals surface area contributed by atoms with Crippen molar-refractivity contribution >= 4 is 40.7 Å². The van der Waals surface area contributed by atoms with Crippen LogP contribution in [-0.4, -0.2) is 25.7 Å². The van der Waals surface area contributed by atoms with Gasteiger partial charge in [-0.1, -0.05) is 11.6 Å². The Labute approximate surface area is 126 Å². The van der Waals surface area contributed by atoms with Gasteiger partial charge in [0.2, 0.25) is 0 Å². The molecule has 0 amide bonds. The molecule has 3 nitrogen and oxygen atoms in total. The molecule has 0 saturated carbocycles. The van der Waals surface area contributed by atoms with Crippen molar-refractivity contribution in [2.24, 2.45) is 0 Å². The predicted octanol–water partition coefficient (Wildman–Crippen LogP) is 3.58. The van der Waals surface area contributed by atoms with Crippen molar-refractivity contribution in [2.75, 3.05) is 24.5 Å². The lowest BCUT2D eigenvalue weighted by atomic mass is 10.1. The van der Waals surface area contributed by atoms with Crippen LogP contribution in [0.3, 0.4) is 0 Å². The Bertz CT molecular complexity index is 632. The van der Waals surface area contributed by atoms with Crippen LogP contribution in [0.1, 0.15) is 6.92 Å². The van der Waals surface area contributed by atoms with Gasteiger partial charge in [-0.3, -0.25) is 0 Å². The van der Waals surface area contributed by atoms with E-state index in [0.29, 0.717) is 24.4 Å². The quantitative estimate of drug-likeness (QED) is 0.869. The molecule has 2 aromatic rings. The molecule has 1 aliphatic rings. The molecule has 1 atom stereocenters. The molecule has 3 rings (SSSR count). The smallest absolute Gasteiger partial charge is 0.279 e. The molecule has 1 aromatic heterocycles. The number of rotatable bonds is 1. The van der Waals surface area contributed by atoms with Gasteiger partial charge in [-0.25, -0.2) is 4.39 Å². The number of nitrogens with zero attached hydrogens (tertiary/aromatic N) is 1. The fourth-order valence-electron chi connectivity index (χ4n) is 2.48. The Morgan fingerprint density at radius 2 is 2.15 bits per heavy atom. The lowest BCUT2D eigenvalue weighted by molar-refractivity contribution is 0.380. The molecule has 0 spiro atoms. The van der Waals surface area contributed by atoms with E-state index < -0.39 is 11.8 Å². The van der Waals surface area contributed by atoms with E-state index in [4.69, 9.17) is 16.0 Å². The average molecular weight is 323 g/mol. The number of halogens is 4. The number of benzene rings is 1. The zero-order chi connectivity index (χ0) is 13.6. The number of fused-ring (bicyclic) bond motifs is 1. The zero-order valence-corrected chi connectivity index (χ0v) is 12.3. The molecule has 0 aliphatic carbocycles. The first-order valence-electron chi connectivity index (χ1n) is 6.11. The molecule has 1 saturated heterocycles.